The van der Waals surface area contributed by atoms with E-state index in [0.29, 0.717) is 18.4 Å². The van der Waals surface area contributed by atoms with Crippen molar-refractivity contribution in [1.29, 1.82) is 0 Å². The number of benzene rings is 1. The Bertz CT molecular complexity index is 497. The van der Waals surface area contributed by atoms with Crippen LogP contribution in [-0.2, 0) is 6.61 Å². The van der Waals surface area contributed by atoms with E-state index < -0.39 is 0 Å². The molecule has 0 saturated heterocycles. The highest BCUT2D eigenvalue weighted by Gasteiger charge is 2.00. The van der Waals surface area contributed by atoms with Crippen LogP contribution in [0.3, 0.4) is 0 Å². The second-order valence-corrected chi connectivity index (χ2v) is 4.91. The van der Waals surface area contributed by atoms with E-state index in [9.17, 15) is 0 Å². The lowest BCUT2D eigenvalue weighted by molar-refractivity contribution is 0.294. The molecule has 1 aromatic heterocycles. The molecule has 0 aliphatic rings. The highest BCUT2D eigenvalue weighted by atomic mass is 16.5. The van der Waals surface area contributed by atoms with Gasteiger partial charge in [0, 0.05) is 12.6 Å². The van der Waals surface area contributed by atoms with Crippen LogP contribution in [-0.4, -0.2) is 11.5 Å². The van der Waals surface area contributed by atoms with E-state index in [1.165, 1.54) is 0 Å². The fourth-order valence-electron chi connectivity index (χ4n) is 1.63. The first-order valence-electron chi connectivity index (χ1n) is 6.61. The van der Waals surface area contributed by atoms with E-state index in [4.69, 9.17) is 4.74 Å². The van der Waals surface area contributed by atoms with Crippen LogP contribution in [0.25, 0.3) is 0 Å². The quantitative estimate of drug-likeness (QED) is 0.855. The van der Waals surface area contributed by atoms with E-state index in [-0.39, 0.29) is 0 Å². The minimum absolute atomic E-state index is 0.543. The van der Waals surface area contributed by atoms with Crippen LogP contribution in [0.2, 0.25) is 0 Å². The molecule has 0 atom stereocenters. The van der Waals surface area contributed by atoms with Crippen molar-refractivity contribution in [3.8, 4) is 5.88 Å². The van der Waals surface area contributed by atoms with E-state index in [1.54, 1.807) is 0 Å². The summed E-state index contributed by atoms with van der Waals surface area (Å²) in [5.74, 6) is 2.10. The van der Waals surface area contributed by atoms with Gasteiger partial charge in [-0.05, 0) is 17.5 Å². The normalized spacial score (nSPS) is 10.5. The monoisotopic (exact) mass is 256 g/mol. The molecule has 2 aromatic rings. The van der Waals surface area contributed by atoms with Crippen LogP contribution < -0.4 is 10.1 Å². The number of nitrogens with one attached hydrogen (secondary N) is 1. The maximum absolute atomic E-state index is 5.69. The van der Waals surface area contributed by atoms with Crippen molar-refractivity contribution in [1.82, 2.24) is 4.98 Å². The maximum atomic E-state index is 5.69. The van der Waals surface area contributed by atoms with Crippen molar-refractivity contribution in [2.24, 2.45) is 5.92 Å². The van der Waals surface area contributed by atoms with Gasteiger partial charge in [-0.2, -0.15) is 4.98 Å². The third kappa shape index (κ3) is 4.62. The number of aromatic nitrogens is 1. The van der Waals surface area contributed by atoms with Crippen LogP contribution in [0, 0.1) is 5.92 Å². The van der Waals surface area contributed by atoms with Crippen molar-refractivity contribution in [2.45, 2.75) is 20.5 Å². The van der Waals surface area contributed by atoms with Gasteiger partial charge in [-0.3, -0.25) is 0 Å². The zero-order chi connectivity index (χ0) is 13.5. The molecule has 0 amide bonds. The Labute approximate surface area is 114 Å². The molecule has 2 rings (SSSR count). The van der Waals surface area contributed by atoms with Gasteiger partial charge in [0.1, 0.15) is 12.4 Å². The minimum Gasteiger partial charge on any atom is -0.473 e. The van der Waals surface area contributed by atoms with Crippen LogP contribution in [0.4, 0.5) is 5.82 Å². The summed E-state index contributed by atoms with van der Waals surface area (Å²) in [7, 11) is 0. The number of rotatable bonds is 6. The Morgan fingerprint density at radius 2 is 1.84 bits per heavy atom. The highest BCUT2D eigenvalue weighted by Crippen LogP contribution is 2.13. The second kappa shape index (κ2) is 6.78. The van der Waals surface area contributed by atoms with Crippen LogP contribution in [0.5, 0.6) is 5.88 Å². The second-order valence-electron chi connectivity index (χ2n) is 4.91. The molecule has 0 saturated carbocycles. The molecule has 1 aromatic carbocycles. The van der Waals surface area contributed by atoms with Gasteiger partial charge in [0.15, 0.2) is 0 Å². The summed E-state index contributed by atoms with van der Waals surface area (Å²) in [5.41, 5.74) is 1.14. The number of anilines is 1. The Morgan fingerprint density at radius 3 is 2.58 bits per heavy atom. The van der Waals surface area contributed by atoms with Crippen LogP contribution in [0.1, 0.15) is 19.4 Å². The summed E-state index contributed by atoms with van der Waals surface area (Å²) >= 11 is 0. The van der Waals surface area contributed by atoms with Crippen molar-refractivity contribution in [3.05, 3.63) is 54.1 Å². The molecule has 1 heterocycles. The van der Waals surface area contributed by atoms with Gasteiger partial charge in [-0.1, -0.05) is 50.2 Å². The predicted octanol–water partition coefficient (Wildman–Crippen LogP) is 3.73. The largest absolute Gasteiger partial charge is 0.473 e. The van der Waals surface area contributed by atoms with Gasteiger partial charge in [-0.15, -0.1) is 0 Å². The lowest BCUT2D eigenvalue weighted by Crippen LogP contribution is -2.09. The summed E-state index contributed by atoms with van der Waals surface area (Å²) in [6, 6.07) is 15.9. The van der Waals surface area contributed by atoms with E-state index in [0.717, 1.165) is 17.9 Å². The van der Waals surface area contributed by atoms with Crippen molar-refractivity contribution in [3.63, 3.8) is 0 Å². The SMILES string of the molecule is CC(C)CNc1cccc(OCc2ccccc2)n1. The van der Waals surface area contributed by atoms with Crippen molar-refractivity contribution >= 4 is 5.82 Å². The molecule has 0 aliphatic heterocycles. The summed E-state index contributed by atoms with van der Waals surface area (Å²) < 4.78 is 5.69. The van der Waals surface area contributed by atoms with E-state index in [2.05, 4.69) is 24.1 Å². The summed E-state index contributed by atoms with van der Waals surface area (Å²) in [6.07, 6.45) is 0. The van der Waals surface area contributed by atoms with Crippen LogP contribution >= 0.6 is 0 Å². The first kappa shape index (κ1) is 13.4. The maximum Gasteiger partial charge on any atom is 0.215 e. The number of hydrogen-bond donors (Lipinski definition) is 1. The van der Waals surface area contributed by atoms with Gasteiger partial charge >= 0.3 is 0 Å². The number of nitrogens with zero attached hydrogens (tertiary/aromatic N) is 1. The molecule has 19 heavy (non-hydrogen) atoms. The minimum atomic E-state index is 0.543. The first-order chi connectivity index (χ1) is 9.24. The third-order valence-electron chi connectivity index (χ3n) is 2.64. The number of ether oxygens (including phenoxy) is 1. The molecule has 0 aliphatic carbocycles. The fourth-order valence-corrected chi connectivity index (χ4v) is 1.63. The summed E-state index contributed by atoms with van der Waals surface area (Å²) in [4.78, 5) is 4.43. The van der Waals surface area contributed by atoms with E-state index in [1.807, 2.05) is 48.5 Å². The van der Waals surface area contributed by atoms with Gasteiger partial charge in [0.2, 0.25) is 5.88 Å². The molecule has 0 spiro atoms. The first-order valence-corrected chi connectivity index (χ1v) is 6.61. The Morgan fingerprint density at radius 1 is 1.05 bits per heavy atom. The summed E-state index contributed by atoms with van der Waals surface area (Å²) in [6.45, 7) is 5.79. The molecular formula is C16H20N2O. The lowest BCUT2D eigenvalue weighted by Gasteiger charge is -2.10. The molecule has 100 valence electrons. The molecule has 0 bridgehead atoms. The van der Waals surface area contributed by atoms with Crippen LogP contribution in [0.15, 0.2) is 48.5 Å². The van der Waals surface area contributed by atoms with Crippen molar-refractivity contribution < 1.29 is 4.74 Å². The average molecular weight is 256 g/mol. The fraction of sp³-hybridized carbons (Fsp3) is 0.312. The predicted molar refractivity (Wildman–Crippen MR) is 78.3 cm³/mol. The standard InChI is InChI=1S/C16H20N2O/c1-13(2)11-17-15-9-6-10-16(18-15)19-12-14-7-4-3-5-8-14/h3-10,13H,11-12H2,1-2H3,(H,17,18). The zero-order valence-electron chi connectivity index (χ0n) is 11.5. The molecule has 0 radical (unpaired) electrons. The number of pyridine rings is 1. The molecule has 3 nitrogen and oxygen atoms in total. The molecule has 1 N–H and O–H groups in total. The lowest BCUT2D eigenvalue weighted by atomic mass is 10.2. The van der Waals surface area contributed by atoms with Gasteiger partial charge in [-0.25, -0.2) is 0 Å². The molecule has 0 fully saturated rings. The zero-order valence-corrected chi connectivity index (χ0v) is 11.5. The smallest absolute Gasteiger partial charge is 0.215 e. The molecular weight excluding hydrogens is 236 g/mol. The highest BCUT2D eigenvalue weighted by molar-refractivity contribution is 5.37. The van der Waals surface area contributed by atoms with Crippen molar-refractivity contribution in [2.75, 3.05) is 11.9 Å². The van der Waals surface area contributed by atoms with Gasteiger partial charge in [0.25, 0.3) is 0 Å². The summed E-state index contributed by atoms with van der Waals surface area (Å²) in [5, 5.41) is 3.29. The van der Waals surface area contributed by atoms with Gasteiger partial charge in [0.05, 0.1) is 0 Å². The number of hydrogen-bond acceptors (Lipinski definition) is 3. The topological polar surface area (TPSA) is 34.1 Å². The van der Waals surface area contributed by atoms with Gasteiger partial charge < -0.3 is 10.1 Å². The Kier molecular flexibility index (Phi) is 4.78. The Hall–Kier alpha value is -2.03. The Balaban J connectivity index is 1.91. The molecule has 0 unspecified atom stereocenters. The van der Waals surface area contributed by atoms with E-state index >= 15 is 0 Å². The molecule has 3 heteroatoms. The third-order valence-corrected chi connectivity index (χ3v) is 2.64. The average Bonchev–Trinajstić information content (AvgIpc) is 2.44.